The van der Waals surface area contributed by atoms with Gasteiger partial charge in [-0.25, -0.2) is 0 Å². The molecule has 0 bridgehead atoms. The van der Waals surface area contributed by atoms with Crippen LogP contribution in [-0.2, 0) is 6.54 Å². The molecule has 0 amide bonds. The fourth-order valence-corrected chi connectivity index (χ4v) is 2.48. The Labute approximate surface area is 128 Å². The minimum absolute atomic E-state index is 0. The summed E-state index contributed by atoms with van der Waals surface area (Å²) in [5.74, 6) is 0.977. The number of halogens is 1. The predicted octanol–water partition coefficient (Wildman–Crippen LogP) is 3.29. The largest absolute Gasteiger partial charge is 0.490 e. The Morgan fingerprint density at radius 3 is 2.45 bits per heavy atom. The molecule has 1 aromatic rings. The van der Waals surface area contributed by atoms with Gasteiger partial charge in [0.1, 0.15) is 5.75 Å². The lowest BCUT2D eigenvalue weighted by Crippen LogP contribution is -2.31. The van der Waals surface area contributed by atoms with Crippen LogP contribution in [0.1, 0.15) is 44.6 Å². The van der Waals surface area contributed by atoms with Crippen LogP contribution >= 0.6 is 12.4 Å². The Morgan fingerprint density at radius 2 is 1.90 bits per heavy atom. The summed E-state index contributed by atoms with van der Waals surface area (Å²) in [4.78, 5) is 0. The van der Waals surface area contributed by atoms with E-state index >= 15 is 0 Å². The van der Waals surface area contributed by atoms with E-state index in [0.717, 1.165) is 18.7 Å². The molecule has 0 spiro atoms. The number of aliphatic hydroxyl groups excluding tert-OH is 1. The van der Waals surface area contributed by atoms with E-state index in [2.05, 4.69) is 36.5 Å². The van der Waals surface area contributed by atoms with E-state index in [1.807, 2.05) is 0 Å². The monoisotopic (exact) mass is 299 g/mol. The van der Waals surface area contributed by atoms with E-state index in [1.165, 1.54) is 31.2 Å². The molecule has 1 aliphatic carbocycles. The summed E-state index contributed by atoms with van der Waals surface area (Å²) in [5.41, 5.74) is 1.23. The quantitative estimate of drug-likeness (QED) is 0.812. The number of rotatable bonds is 7. The minimum Gasteiger partial charge on any atom is -0.490 e. The van der Waals surface area contributed by atoms with E-state index in [0.29, 0.717) is 6.10 Å². The Hall–Kier alpha value is -0.770. The van der Waals surface area contributed by atoms with E-state index in [-0.39, 0.29) is 25.1 Å². The molecule has 0 radical (unpaired) electrons. The minimum atomic E-state index is 0. The van der Waals surface area contributed by atoms with Crippen molar-refractivity contribution in [2.24, 2.45) is 0 Å². The van der Waals surface area contributed by atoms with Gasteiger partial charge < -0.3 is 15.2 Å². The number of benzene rings is 1. The summed E-state index contributed by atoms with van der Waals surface area (Å²) >= 11 is 0. The van der Waals surface area contributed by atoms with Crippen LogP contribution in [-0.4, -0.2) is 23.9 Å². The highest BCUT2D eigenvalue weighted by molar-refractivity contribution is 5.85. The topological polar surface area (TPSA) is 41.5 Å². The van der Waals surface area contributed by atoms with Crippen molar-refractivity contribution in [2.45, 2.75) is 57.7 Å². The molecule has 3 nitrogen and oxygen atoms in total. The summed E-state index contributed by atoms with van der Waals surface area (Å²) in [6, 6.07) is 8.49. The van der Waals surface area contributed by atoms with Crippen molar-refractivity contribution in [3.05, 3.63) is 29.8 Å². The highest BCUT2D eigenvalue weighted by Gasteiger charge is 2.16. The highest BCUT2D eigenvalue weighted by Crippen LogP contribution is 2.24. The van der Waals surface area contributed by atoms with Gasteiger partial charge >= 0.3 is 0 Å². The lowest BCUT2D eigenvalue weighted by Gasteiger charge is -2.15. The zero-order valence-corrected chi connectivity index (χ0v) is 13.0. The molecule has 20 heavy (non-hydrogen) atoms. The van der Waals surface area contributed by atoms with E-state index in [1.54, 1.807) is 0 Å². The molecule has 2 rings (SSSR count). The van der Waals surface area contributed by atoms with Gasteiger partial charge in [-0.05, 0) is 49.8 Å². The summed E-state index contributed by atoms with van der Waals surface area (Å²) in [5, 5.41) is 12.5. The molecule has 0 saturated heterocycles. The summed E-state index contributed by atoms with van der Waals surface area (Å²) < 4.78 is 5.94. The Kier molecular flexibility index (Phi) is 7.97. The van der Waals surface area contributed by atoms with Crippen molar-refractivity contribution in [2.75, 3.05) is 6.61 Å². The Balaban J connectivity index is 0.00000200. The normalized spacial score (nSPS) is 16.7. The van der Waals surface area contributed by atoms with E-state index < -0.39 is 0 Å². The molecule has 1 atom stereocenters. The maximum Gasteiger partial charge on any atom is 0.119 e. The van der Waals surface area contributed by atoms with Gasteiger partial charge in [0.2, 0.25) is 0 Å². The first-order valence-electron chi connectivity index (χ1n) is 7.41. The lowest BCUT2D eigenvalue weighted by atomic mass is 10.2. The predicted molar refractivity (Wildman–Crippen MR) is 84.6 cm³/mol. The molecule has 2 N–H and O–H groups in total. The van der Waals surface area contributed by atoms with Crippen LogP contribution in [0.3, 0.4) is 0 Å². The first-order chi connectivity index (χ1) is 9.31. The van der Waals surface area contributed by atoms with Gasteiger partial charge in [0.25, 0.3) is 0 Å². The molecule has 1 unspecified atom stereocenters. The number of aliphatic hydroxyl groups is 1. The molecule has 114 valence electrons. The van der Waals surface area contributed by atoms with Gasteiger partial charge in [0.15, 0.2) is 0 Å². The molecule has 1 saturated carbocycles. The Morgan fingerprint density at radius 1 is 1.25 bits per heavy atom. The van der Waals surface area contributed by atoms with Crippen LogP contribution in [0.2, 0.25) is 0 Å². The first-order valence-corrected chi connectivity index (χ1v) is 7.41. The van der Waals surface area contributed by atoms with Gasteiger partial charge in [-0.2, -0.15) is 0 Å². The fourth-order valence-electron chi connectivity index (χ4n) is 2.48. The molecule has 4 heteroatoms. The number of nitrogens with one attached hydrogen (secondary N) is 1. The van der Waals surface area contributed by atoms with Crippen molar-refractivity contribution in [3.8, 4) is 5.75 Å². The zero-order valence-electron chi connectivity index (χ0n) is 12.2. The van der Waals surface area contributed by atoms with Gasteiger partial charge in [0.05, 0.1) is 12.7 Å². The summed E-state index contributed by atoms with van der Waals surface area (Å²) in [7, 11) is 0. The van der Waals surface area contributed by atoms with Gasteiger partial charge in [-0.1, -0.05) is 19.1 Å². The smallest absolute Gasteiger partial charge is 0.119 e. The third-order valence-electron chi connectivity index (χ3n) is 3.84. The zero-order chi connectivity index (χ0) is 13.5. The SMILES string of the molecule is CCC(CO)NCc1ccc(OC2CCCC2)cc1.Cl. The van der Waals surface area contributed by atoms with E-state index in [4.69, 9.17) is 9.84 Å². The molecule has 0 heterocycles. The van der Waals surface area contributed by atoms with Crippen LogP contribution in [0.25, 0.3) is 0 Å². The second-order valence-electron chi connectivity index (χ2n) is 5.34. The third-order valence-corrected chi connectivity index (χ3v) is 3.84. The fraction of sp³-hybridized carbons (Fsp3) is 0.625. The average Bonchev–Trinajstić information content (AvgIpc) is 2.95. The first kappa shape index (κ1) is 17.3. The number of hydrogen-bond donors (Lipinski definition) is 2. The van der Waals surface area contributed by atoms with Crippen LogP contribution in [0.4, 0.5) is 0 Å². The maximum atomic E-state index is 9.12. The van der Waals surface area contributed by atoms with Crippen molar-refractivity contribution in [1.82, 2.24) is 5.32 Å². The highest BCUT2D eigenvalue weighted by atomic mass is 35.5. The molecular formula is C16H26ClNO2. The molecular weight excluding hydrogens is 274 g/mol. The van der Waals surface area contributed by atoms with Gasteiger partial charge in [0, 0.05) is 12.6 Å². The standard InChI is InChI=1S/C16H25NO2.ClH/c1-2-14(12-18)17-11-13-7-9-16(10-8-13)19-15-5-3-4-6-15;/h7-10,14-15,17-18H,2-6,11-12H2,1H3;1H. The average molecular weight is 300 g/mol. The number of hydrogen-bond acceptors (Lipinski definition) is 3. The summed E-state index contributed by atoms with van der Waals surface area (Å²) in [6.07, 6.45) is 6.34. The van der Waals surface area contributed by atoms with Crippen molar-refractivity contribution >= 4 is 12.4 Å². The molecule has 1 aromatic carbocycles. The van der Waals surface area contributed by atoms with Gasteiger partial charge in [-0.3, -0.25) is 0 Å². The van der Waals surface area contributed by atoms with Crippen LogP contribution in [0.15, 0.2) is 24.3 Å². The Bertz CT molecular complexity index is 359. The van der Waals surface area contributed by atoms with Crippen molar-refractivity contribution in [1.29, 1.82) is 0 Å². The van der Waals surface area contributed by atoms with Crippen LogP contribution in [0, 0.1) is 0 Å². The summed E-state index contributed by atoms with van der Waals surface area (Å²) in [6.45, 7) is 3.06. The molecule has 1 aliphatic rings. The van der Waals surface area contributed by atoms with Crippen LogP contribution in [0.5, 0.6) is 5.75 Å². The maximum absolute atomic E-state index is 9.12. The van der Waals surface area contributed by atoms with Gasteiger partial charge in [-0.15, -0.1) is 12.4 Å². The third kappa shape index (κ3) is 5.31. The van der Waals surface area contributed by atoms with Crippen molar-refractivity contribution < 1.29 is 9.84 Å². The lowest BCUT2D eigenvalue weighted by molar-refractivity contribution is 0.210. The van der Waals surface area contributed by atoms with Crippen molar-refractivity contribution in [3.63, 3.8) is 0 Å². The molecule has 0 aliphatic heterocycles. The molecule has 1 fully saturated rings. The second kappa shape index (κ2) is 9.22. The number of ether oxygens (including phenoxy) is 1. The van der Waals surface area contributed by atoms with Crippen LogP contribution < -0.4 is 10.1 Å². The molecule has 0 aromatic heterocycles. The second-order valence-corrected chi connectivity index (χ2v) is 5.34. The van der Waals surface area contributed by atoms with E-state index in [9.17, 15) is 0 Å².